The van der Waals surface area contributed by atoms with E-state index in [1.54, 1.807) is 6.07 Å². The van der Waals surface area contributed by atoms with Crippen molar-refractivity contribution in [3.63, 3.8) is 0 Å². The highest BCUT2D eigenvalue weighted by atomic mass is 16.5. The van der Waals surface area contributed by atoms with Gasteiger partial charge in [-0.2, -0.15) is 0 Å². The number of aryl methyl sites for hydroxylation is 1. The summed E-state index contributed by atoms with van der Waals surface area (Å²) in [4.78, 5) is 9.00. The van der Waals surface area contributed by atoms with Gasteiger partial charge in [0.2, 0.25) is 0 Å². The Kier molecular flexibility index (Phi) is 4.07. The molecule has 0 saturated heterocycles. The van der Waals surface area contributed by atoms with Gasteiger partial charge in [0.25, 0.3) is 5.97 Å². The number of aromatic hydroxyl groups is 1. The van der Waals surface area contributed by atoms with Crippen LogP contribution in [0, 0.1) is 0 Å². The van der Waals surface area contributed by atoms with Crippen LogP contribution in [0.4, 0.5) is 0 Å². The molecule has 4 nitrogen and oxygen atoms in total. The van der Waals surface area contributed by atoms with Gasteiger partial charge in [0, 0.05) is 12.5 Å². The Morgan fingerprint density at radius 3 is 2.52 bits per heavy atom. The summed E-state index contributed by atoms with van der Waals surface area (Å²) in [6, 6.07) is 9.59. The maximum atomic E-state index is 9.59. The number of rotatable bonds is 0. The SMILES string of the molecule is CC(=O)O.CC1(C)CCc2c(ccc3ccc(O)cc23)O1. The Morgan fingerprint density at radius 2 is 1.86 bits per heavy atom. The number of carbonyl (C=O) groups is 1. The van der Waals surface area contributed by atoms with Gasteiger partial charge in [0.15, 0.2) is 0 Å². The summed E-state index contributed by atoms with van der Waals surface area (Å²) >= 11 is 0. The van der Waals surface area contributed by atoms with Crippen molar-refractivity contribution < 1.29 is 19.7 Å². The Morgan fingerprint density at radius 1 is 1.24 bits per heavy atom. The number of ether oxygens (including phenoxy) is 1. The van der Waals surface area contributed by atoms with Crippen molar-refractivity contribution in [1.82, 2.24) is 0 Å². The van der Waals surface area contributed by atoms with E-state index in [0.717, 1.165) is 36.3 Å². The average Bonchev–Trinajstić information content (AvgIpc) is 2.36. The third-order valence-corrected chi connectivity index (χ3v) is 3.44. The van der Waals surface area contributed by atoms with Crippen LogP contribution in [0.3, 0.4) is 0 Å². The van der Waals surface area contributed by atoms with Gasteiger partial charge in [-0.05, 0) is 55.7 Å². The maximum Gasteiger partial charge on any atom is 0.300 e. The molecule has 112 valence electrons. The van der Waals surface area contributed by atoms with E-state index in [4.69, 9.17) is 14.6 Å². The topological polar surface area (TPSA) is 66.8 Å². The van der Waals surface area contributed by atoms with E-state index in [9.17, 15) is 5.11 Å². The van der Waals surface area contributed by atoms with Crippen LogP contribution in [-0.2, 0) is 11.2 Å². The first kappa shape index (κ1) is 15.2. The van der Waals surface area contributed by atoms with Gasteiger partial charge in [0.1, 0.15) is 17.1 Å². The fourth-order valence-electron chi connectivity index (χ4n) is 2.48. The highest BCUT2D eigenvalue weighted by molar-refractivity contribution is 5.89. The van der Waals surface area contributed by atoms with Crippen LogP contribution in [0.25, 0.3) is 10.8 Å². The monoisotopic (exact) mass is 288 g/mol. The van der Waals surface area contributed by atoms with Gasteiger partial charge >= 0.3 is 0 Å². The third kappa shape index (κ3) is 3.66. The summed E-state index contributed by atoms with van der Waals surface area (Å²) in [7, 11) is 0. The number of carboxylic acids is 1. The molecule has 2 aromatic carbocycles. The Bertz CT molecular complexity index is 670. The van der Waals surface area contributed by atoms with E-state index in [-0.39, 0.29) is 5.60 Å². The standard InChI is InChI=1S/C15H16O2.C2H4O2/c1-15(2)8-7-12-13-9-11(16)5-3-10(13)4-6-14(12)17-15;1-2(3)4/h3-6,9,16H,7-8H2,1-2H3;1H3,(H,3,4). The summed E-state index contributed by atoms with van der Waals surface area (Å²) in [6.45, 7) is 5.31. The molecule has 21 heavy (non-hydrogen) atoms. The van der Waals surface area contributed by atoms with Gasteiger partial charge in [-0.15, -0.1) is 0 Å². The van der Waals surface area contributed by atoms with Crippen molar-refractivity contribution in [3.8, 4) is 11.5 Å². The van der Waals surface area contributed by atoms with Crippen LogP contribution in [0.5, 0.6) is 11.5 Å². The number of aliphatic carboxylic acids is 1. The van der Waals surface area contributed by atoms with Crippen LogP contribution < -0.4 is 4.74 Å². The smallest absolute Gasteiger partial charge is 0.300 e. The van der Waals surface area contributed by atoms with Crippen molar-refractivity contribution in [2.75, 3.05) is 0 Å². The fourth-order valence-corrected chi connectivity index (χ4v) is 2.48. The summed E-state index contributed by atoms with van der Waals surface area (Å²) in [5, 5.41) is 19.3. The maximum absolute atomic E-state index is 9.59. The number of benzene rings is 2. The summed E-state index contributed by atoms with van der Waals surface area (Å²) in [5.41, 5.74) is 1.13. The lowest BCUT2D eigenvalue weighted by molar-refractivity contribution is -0.134. The predicted molar refractivity (Wildman–Crippen MR) is 82.0 cm³/mol. The highest BCUT2D eigenvalue weighted by Gasteiger charge is 2.27. The minimum Gasteiger partial charge on any atom is -0.508 e. The molecule has 0 spiro atoms. The number of carboxylic acid groups (broad SMARTS) is 1. The zero-order valence-corrected chi connectivity index (χ0v) is 12.5. The lowest BCUT2D eigenvalue weighted by atomic mass is 9.91. The molecule has 0 radical (unpaired) electrons. The van der Waals surface area contributed by atoms with E-state index in [2.05, 4.69) is 19.9 Å². The number of hydrogen-bond acceptors (Lipinski definition) is 3. The lowest BCUT2D eigenvalue weighted by Gasteiger charge is -2.33. The van der Waals surface area contributed by atoms with Crippen molar-refractivity contribution in [2.45, 2.75) is 39.2 Å². The third-order valence-electron chi connectivity index (χ3n) is 3.44. The molecule has 1 aliphatic rings. The quantitative estimate of drug-likeness (QED) is 0.775. The van der Waals surface area contributed by atoms with Crippen LogP contribution in [0.2, 0.25) is 0 Å². The number of fused-ring (bicyclic) bond motifs is 3. The molecule has 0 aromatic heterocycles. The highest BCUT2D eigenvalue weighted by Crippen LogP contribution is 2.38. The average molecular weight is 288 g/mol. The predicted octanol–water partition coefficient (Wildman–Crippen LogP) is 3.74. The molecule has 0 unspecified atom stereocenters. The molecule has 0 saturated carbocycles. The van der Waals surface area contributed by atoms with Crippen LogP contribution in [0.1, 0.15) is 32.8 Å². The first-order valence-electron chi connectivity index (χ1n) is 6.92. The van der Waals surface area contributed by atoms with Crippen LogP contribution in [0.15, 0.2) is 30.3 Å². The van der Waals surface area contributed by atoms with E-state index in [1.807, 2.05) is 18.2 Å². The van der Waals surface area contributed by atoms with Crippen molar-refractivity contribution in [2.24, 2.45) is 0 Å². The van der Waals surface area contributed by atoms with Crippen molar-refractivity contribution >= 4 is 16.7 Å². The molecule has 3 rings (SSSR count). The molecule has 2 N–H and O–H groups in total. The molecule has 0 bridgehead atoms. The first-order valence-corrected chi connectivity index (χ1v) is 6.92. The van der Waals surface area contributed by atoms with Gasteiger partial charge in [-0.1, -0.05) is 12.1 Å². The molecule has 2 aromatic rings. The summed E-state index contributed by atoms with van der Waals surface area (Å²) in [5.74, 6) is 0.440. The molecular weight excluding hydrogens is 268 g/mol. The largest absolute Gasteiger partial charge is 0.508 e. The molecule has 1 heterocycles. The molecule has 4 heteroatoms. The lowest BCUT2D eigenvalue weighted by Crippen LogP contribution is -2.32. The second-order valence-electron chi connectivity index (χ2n) is 5.83. The number of hydrogen-bond donors (Lipinski definition) is 2. The normalized spacial score (nSPS) is 15.4. The molecule has 0 aliphatic carbocycles. The minimum absolute atomic E-state index is 0.0858. The summed E-state index contributed by atoms with van der Waals surface area (Å²) in [6.07, 6.45) is 2.01. The van der Waals surface area contributed by atoms with E-state index < -0.39 is 5.97 Å². The van der Waals surface area contributed by atoms with E-state index in [0.29, 0.717) is 5.75 Å². The molecular formula is C17H20O4. The van der Waals surface area contributed by atoms with E-state index >= 15 is 0 Å². The van der Waals surface area contributed by atoms with E-state index in [1.165, 1.54) is 5.56 Å². The molecule has 1 aliphatic heterocycles. The zero-order valence-electron chi connectivity index (χ0n) is 12.5. The van der Waals surface area contributed by atoms with Gasteiger partial charge in [0.05, 0.1) is 0 Å². The summed E-state index contributed by atoms with van der Waals surface area (Å²) < 4.78 is 5.99. The zero-order chi connectivity index (χ0) is 15.6. The second kappa shape index (κ2) is 5.64. The molecule has 0 amide bonds. The van der Waals surface area contributed by atoms with Crippen LogP contribution in [-0.4, -0.2) is 21.8 Å². The Hall–Kier alpha value is -2.23. The van der Waals surface area contributed by atoms with Gasteiger partial charge < -0.3 is 14.9 Å². The Balaban J connectivity index is 0.000000361. The second-order valence-corrected chi connectivity index (χ2v) is 5.83. The molecule has 0 atom stereocenters. The van der Waals surface area contributed by atoms with Gasteiger partial charge in [-0.25, -0.2) is 0 Å². The molecule has 0 fully saturated rings. The first-order chi connectivity index (χ1) is 9.78. The van der Waals surface area contributed by atoms with Gasteiger partial charge in [-0.3, -0.25) is 4.79 Å². The number of phenolic OH excluding ortho intramolecular Hbond substituents is 1. The van der Waals surface area contributed by atoms with Crippen LogP contribution >= 0.6 is 0 Å². The van der Waals surface area contributed by atoms with Crippen molar-refractivity contribution in [1.29, 1.82) is 0 Å². The van der Waals surface area contributed by atoms with Crippen molar-refractivity contribution in [3.05, 3.63) is 35.9 Å². The Labute approximate surface area is 124 Å². The fraction of sp³-hybridized carbons (Fsp3) is 0.353. The minimum atomic E-state index is -0.833. The number of phenols is 1.